The van der Waals surface area contributed by atoms with Crippen LogP contribution in [0.1, 0.15) is 17.2 Å². The zero-order chi connectivity index (χ0) is 14.7. The molecule has 2 rings (SSSR count). The first-order valence-electron chi connectivity index (χ1n) is 5.96. The van der Waals surface area contributed by atoms with Crippen LogP contribution in [-0.4, -0.2) is 12.2 Å². The summed E-state index contributed by atoms with van der Waals surface area (Å²) in [5.41, 5.74) is 1.01. The van der Waals surface area contributed by atoms with Gasteiger partial charge in [-0.1, -0.05) is 33.6 Å². The van der Waals surface area contributed by atoms with Crippen LogP contribution < -0.4 is 4.74 Å². The molecule has 0 saturated carbocycles. The van der Waals surface area contributed by atoms with Crippen molar-refractivity contribution in [3.05, 3.63) is 62.8 Å². The second-order valence-electron chi connectivity index (χ2n) is 4.34. The average Bonchev–Trinajstić information content (AvgIpc) is 2.41. The Morgan fingerprint density at radius 2 is 2.05 bits per heavy atom. The summed E-state index contributed by atoms with van der Waals surface area (Å²) in [6.07, 6.45) is -0.714. The third-order valence-electron chi connectivity index (χ3n) is 2.98. The highest BCUT2D eigenvalue weighted by molar-refractivity contribution is 9.10. The van der Waals surface area contributed by atoms with Crippen LogP contribution in [0.4, 0.5) is 4.39 Å². The van der Waals surface area contributed by atoms with E-state index in [-0.39, 0.29) is 6.42 Å². The zero-order valence-corrected chi connectivity index (χ0v) is 13.1. The minimum absolute atomic E-state index is 0.149. The number of benzene rings is 2. The number of hydrogen-bond donors (Lipinski definition) is 1. The summed E-state index contributed by atoms with van der Waals surface area (Å²) < 4.78 is 19.8. The molecule has 0 radical (unpaired) electrons. The van der Waals surface area contributed by atoms with Crippen molar-refractivity contribution in [3.8, 4) is 5.75 Å². The van der Waals surface area contributed by atoms with Crippen LogP contribution >= 0.6 is 27.5 Å². The highest BCUT2D eigenvalue weighted by Gasteiger charge is 2.16. The molecule has 5 heteroatoms. The number of methoxy groups -OCH3 is 1. The molecule has 0 aromatic heterocycles. The van der Waals surface area contributed by atoms with Crippen molar-refractivity contribution in [1.82, 2.24) is 0 Å². The van der Waals surface area contributed by atoms with Crippen LogP contribution in [-0.2, 0) is 6.42 Å². The molecule has 2 aromatic rings. The lowest BCUT2D eigenvalue weighted by molar-refractivity contribution is 0.172. The molecule has 2 aromatic carbocycles. The molecule has 0 aliphatic carbocycles. The van der Waals surface area contributed by atoms with Crippen LogP contribution in [0.5, 0.6) is 5.75 Å². The quantitative estimate of drug-likeness (QED) is 0.869. The molecule has 0 amide bonds. The Morgan fingerprint density at radius 3 is 2.70 bits per heavy atom. The maximum atomic E-state index is 13.8. The van der Waals surface area contributed by atoms with Gasteiger partial charge in [-0.05, 0) is 35.9 Å². The van der Waals surface area contributed by atoms with Gasteiger partial charge in [-0.3, -0.25) is 0 Å². The lowest BCUT2D eigenvalue weighted by atomic mass is 10.0. The summed E-state index contributed by atoms with van der Waals surface area (Å²) in [5.74, 6) is 0.139. The predicted molar refractivity (Wildman–Crippen MR) is 80.8 cm³/mol. The third-order valence-corrected chi connectivity index (χ3v) is 3.71. The fraction of sp³-hybridized carbons (Fsp3) is 0.200. The second kappa shape index (κ2) is 6.57. The van der Waals surface area contributed by atoms with E-state index in [9.17, 15) is 9.50 Å². The monoisotopic (exact) mass is 358 g/mol. The van der Waals surface area contributed by atoms with Crippen LogP contribution in [0.25, 0.3) is 0 Å². The van der Waals surface area contributed by atoms with E-state index < -0.39 is 11.9 Å². The zero-order valence-electron chi connectivity index (χ0n) is 10.7. The summed E-state index contributed by atoms with van der Waals surface area (Å²) in [4.78, 5) is 0. The van der Waals surface area contributed by atoms with Crippen LogP contribution in [0.2, 0.25) is 5.02 Å². The van der Waals surface area contributed by atoms with E-state index in [0.29, 0.717) is 21.9 Å². The molecule has 1 N–H and O–H groups in total. The first-order valence-corrected chi connectivity index (χ1v) is 7.14. The van der Waals surface area contributed by atoms with Gasteiger partial charge in [0.05, 0.1) is 13.2 Å². The first-order chi connectivity index (χ1) is 9.51. The van der Waals surface area contributed by atoms with Gasteiger partial charge < -0.3 is 9.84 Å². The Bertz CT molecular complexity index is 619. The number of ether oxygens (including phenoxy) is 1. The van der Waals surface area contributed by atoms with Gasteiger partial charge in [0.25, 0.3) is 0 Å². The molecule has 0 aliphatic heterocycles. The van der Waals surface area contributed by atoms with Gasteiger partial charge in [-0.15, -0.1) is 0 Å². The van der Waals surface area contributed by atoms with Gasteiger partial charge in [0.1, 0.15) is 11.6 Å². The number of aliphatic hydroxyl groups is 1. The Balaban J connectivity index is 2.27. The fourth-order valence-corrected chi connectivity index (χ4v) is 2.51. The first kappa shape index (κ1) is 15.3. The average molecular weight is 360 g/mol. The van der Waals surface area contributed by atoms with E-state index >= 15 is 0 Å². The molecule has 106 valence electrons. The van der Waals surface area contributed by atoms with E-state index in [2.05, 4.69) is 15.9 Å². The topological polar surface area (TPSA) is 29.5 Å². The maximum absolute atomic E-state index is 13.8. The van der Waals surface area contributed by atoms with E-state index in [1.54, 1.807) is 24.3 Å². The van der Waals surface area contributed by atoms with Gasteiger partial charge in [-0.2, -0.15) is 0 Å². The van der Waals surface area contributed by atoms with E-state index in [1.807, 2.05) is 6.07 Å². The summed E-state index contributed by atoms with van der Waals surface area (Å²) in [6.45, 7) is 0. The van der Waals surface area contributed by atoms with E-state index in [0.717, 1.165) is 4.47 Å². The highest BCUT2D eigenvalue weighted by Crippen LogP contribution is 2.31. The van der Waals surface area contributed by atoms with Crippen molar-refractivity contribution in [3.63, 3.8) is 0 Å². The fourth-order valence-electron chi connectivity index (χ4n) is 1.97. The molecule has 0 spiro atoms. The lowest BCUT2D eigenvalue weighted by Crippen LogP contribution is -2.05. The van der Waals surface area contributed by atoms with Crippen molar-refractivity contribution in [2.45, 2.75) is 12.5 Å². The van der Waals surface area contributed by atoms with Crippen LogP contribution in [0.15, 0.2) is 40.9 Å². The van der Waals surface area contributed by atoms with Crippen molar-refractivity contribution in [1.29, 1.82) is 0 Å². The molecule has 0 aliphatic rings. The summed E-state index contributed by atoms with van der Waals surface area (Å²) in [6, 6.07) is 9.74. The molecule has 0 saturated heterocycles. The van der Waals surface area contributed by atoms with Crippen molar-refractivity contribution in [2.24, 2.45) is 0 Å². The van der Waals surface area contributed by atoms with Crippen molar-refractivity contribution >= 4 is 27.5 Å². The number of aliphatic hydroxyl groups excluding tert-OH is 1. The van der Waals surface area contributed by atoms with Crippen molar-refractivity contribution in [2.75, 3.05) is 7.11 Å². The SMILES string of the molecule is COc1ccc(Br)cc1C(O)Cc1ccc(Cl)cc1F. The van der Waals surface area contributed by atoms with Gasteiger partial charge in [0.15, 0.2) is 0 Å². The number of rotatable bonds is 4. The normalized spacial score (nSPS) is 12.2. The minimum atomic E-state index is -0.863. The van der Waals surface area contributed by atoms with E-state index in [4.69, 9.17) is 16.3 Å². The van der Waals surface area contributed by atoms with Gasteiger partial charge in [0.2, 0.25) is 0 Å². The minimum Gasteiger partial charge on any atom is -0.496 e. The van der Waals surface area contributed by atoms with Gasteiger partial charge >= 0.3 is 0 Å². The second-order valence-corrected chi connectivity index (χ2v) is 5.69. The molecule has 2 nitrogen and oxygen atoms in total. The molecule has 1 atom stereocenters. The molecule has 0 bridgehead atoms. The van der Waals surface area contributed by atoms with Crippen LogP contribution in [0.3, 0.4) is 0 Å². The third kappa shape index (κ3) is 3.51. The van der Waals surface area contributed by atoms with Crippen molar-refractivity contribution < 1.29 is 14.2 Å². The Kier molecular flexibility index (Phi) is 5.02. The summed E-state index contributed by atoms with van der Waals surface area (Å²) in [7, 11) is 1.53. The molecule has 1 unspecified atom stereocenters. The summed E-state index contributed by atoms with van der Waals surface area (Å²) in [5, 5.41) is 10.6. The van der Waals surface area contributed by atoms with Crippen LogP contribution in [0, 0.1) is 5.82 Å². The Morgan fingerprint density at radius 1 is 1.30 bits per heavy atom. The lowest BCUT2D eigenvalue weighted by Gasteiger charge is -2.15. The Hall–Kier alpha value is -1.10. The number of hydrogen-bond acceptors (Lipinski definition) is 2. The predicted octanol–water partition coefficient (Wildman–Crippen LogP) is 4.53. The standard InChI is InChI=1S/C15H13BrClFO2/c1-20-15-5-3-10(16)7-12(15)14(19)6-9-2-4-11(17)8-13(9)18/h2-5,7-8,14,19H,6H2,1H3. The van der Waals surface area contributed by atoms with Gasteiger partial charge in [-0.25, -0.2) is 4.39 Å². The van der Waals surface area contributed by atoms with E-state index in [1.165, 1.54) is 13.2 Å². The summed E-state index contributed by atoms with van der Waals surface area (Å²) >= 11 is 9.06. The molecule has 20 heavy (non-hydrogen) atoms. The highest BCUT2D eigenvalue weighted by atomic mass is 79.9. The number of halogens is 3. The largest absolute Gasteiger partial charge is 0.496 e. The molecular weight excluding hydrogens is 347 g/mol. The smallest absolute Gasteiger partial charge is 0.127 e. The maximum Gasteiger partial charge on any atom is 0.127 e. The molecule has 0 fully saturated rings. The Labute approximate surface area is 130 Å². The van der Waals surface area contributed by atoms with Gasteiger partial charge in [0, 0.05) is 21.5 Å². The molecular formula is C15H13BrClFO2. The molecule has 0 heterocycles.